The maximum absolute atomic E-state index is 5.76. The lowest BCUT2D eigenvalue weighted by molar-refractivity contribution is 0.0884. The lowest BCUT2D eigenvalue weighted by Crippen LogP contribution is -2.10. The number of benzene rings is 1. The van der Waals surface area contributed by atoms with E-state index in [1.807, 2.05) is 6.07 Å². The minimum atomic E-state index is 0.316. The van der Waals surface area contributed by atoms with Gasteiger partial charge in [0.1, 0.15) is 5.76 Å². The van der Waals surface area contributed by atoms with E-state index in [1.165, 1.54) is 11.1 Å². The smallest absolute Gasteiger partial charge is 0.284 e. The summed E-state index contributed by atoms with van der Waals surface area (Å²) in [6.07, 6.45) is 3.96. The van der Waals surface area contributed by atoms with E-state index in [4.69, 9.17) is 9.47 Å². The molecule has 2 rings (SSSR count). The fourth-order valence-corrected chi connectivity index (χ4v) is 2.22. The van der Waals surface area contributed by atoms with E-state index >= 15 is 0 Å². The Hall–Kier alpha value is -1.70. The van der Waals surface area contributed by atoms with E-state index < -0.39 is 0 Å². The Labute approximate surface area is 109 Å². The third-order valence-corrected chi connectivity index (χ3v) is 3.39. The first-order chi connectivity index (χ1) is 8.76. The highest BCUT2D eigenvalue weighted by atomic mass is 16.7. The van der Waals surface area contributed by atoms with Crippen LogP contribution in [0.25, 0.3) is 0 Å². The van der Waals surface area contributed by atoms with E-state index in [1.54, 1.807) is 7.11 Å². The highest BCUT2D eigenvalue weighted by molar-refractivity contribution is 5.31. The van der Waals surface area contributed by atoms with Gasteiger partial charge in [-0.3, -0.25) is 0 Å². The van der Waals surface area contributed by atoms with Crippen LogP contribution < -0.4 is 0 Å². The van der Waals surface area contributed by atoms with Gasteiger partial charge in [-0.25, -0.2) is 0 Å². The summed E-state index contributed by atoms with van der Waals surface area (Å²) < 4.78 is 11.2. The van der Waals surface area contributed by atoms with Gasteiger partial charge in [0, 0.05) is 17.9 Å². The number of allylic oxidation sites excluding steroid dienone is 3. The number of rotatable bonds is 4. The molecule has 1 aliphatic rings. The summed E-state index contributed by atoms with van der Waals surface area (Å²) in [4.78, 5) is 0. The first-order valence-electron chi connectivity index (χ1n) is 6.45. The van der Waals surface area contributed by atoms with Crippen LogP contribution in [-0.4, -0.2) is 7.11 Å². The van der Waals surface area contributed by atoms with Crippen molar-refractivity contribution in [2.75, 3.05) is 7.11 Å². The highest BCUT2D eigenvalue weighted by Crippen LogP contribution is 2.34. The Bertz CT molecular complexity index is 457. The molecule has 0 aromatic heterocycles. The Kier molecular flexibility index (Phi) is 4.08. The van der Waals surface area contributed by atoms with Gasteiger partial charge >= 0.3 is 0 Å². The van der Waals surface area contributed by atoms with Crippen molar-refractivity contribution < 1.29 is 9.47 Å². The van der Waals surface area contributed by atoms with Crippen LogP contribution in [0.1, 0.15) is 38.2 Å². The molecular weight excluding hydrogens is 224 g/mol. The van der Waals surface area contributed by atoms with E-state index in [0.717, 1.165) is 18.6 Å². The van der Waals surface area contributed by atoms with Crippen molar-refractivity contribution in [2.45, 2.75) is 32.6 Å². The number of hydrogen-bond donors (Lipinski definition) is 0. The number of methoxy groups -OCH3 is 1. The average molecular weight is 244 g/mol. The molecule has 0 radical (unpaired) electrons. The molecule has 1 heterocycles. The zero-order chi connectivity index (χ0) is 13.0. The molecule has 0 spiro atoms. The van der Waals surface area contributed by atoms with Gasteiger partial charge in [-0.15, -0.1) is 0 Å². The number of hydrogen-bond acceptors (Lipinski definition) is 2. The van der Waals surface area contributed by atoms with Crippen molar-refractivity contribution in [3.63, 3.8) is 0 Å². The minimum Gasteiger partial charge on any atom is -0.468 e. The van der Waals surface area contributed by atoms with Crippen molar-refractivity contribution in [1.29, 1.82) is 0 Å². The topological polar surface area (TPSA) is 18.5 Å². The summed E-state index contributed by atoms with van der Waals surface area (Å²) in [7, 11) is 1.67. The maximum atomic E-state index is 5.76. The van der Waals surface area contributed by atoms with Crippen LogP contribution in [0.2, 0.25) is 0 Å². The number of ether oxygens (including phenoxy) is 2. The zero-order valence-corrected chi connectivity index (χ0v) is 11.3. The Morgan fingerprint density at radius 3 is 2.61 bits per heavy atom. The summed E-state index contributed by atoms with van der Waals surface area (Å²) in [5, 5.41) is 0. The molecule has 1 unspecified atom stereocenters. The SMILES string of the molecule is CCC1=CCC(C(C)c2ccccc2)=C(OC)O1. The molecule has 0 bridgehead atoms. The second-order valence-corrected chi connectivity index (χ2v) is 4.48. The van der Waals surface area contributed by atoms with Crippen LogP contribution >= 0.6 is 0 Å². The van der Waals surface area contributed by atoms with Crippen molar-refractivity contribution >= 4 is 0 Å². The second-order valence-electron chi connectivity index (χ2n) is 4.48. The molecule has 0 N–H and O–H groups in total. The lowest BCUT2D eigenvalue weighted by atomic mass is 9.90. The molecule has 2 nitrogen and oxygen atoms in total. The summed E-state index contributed by atoms with van der Waals surface area (Å²) in [6.45, 7) is 4.28. The molecule has 0 fully saturated rings. The minimum absolute atomic E-state index is 0.316. The molecule has 0 saturated carbocycles. The maximum Gasteiger partial charge on any atom is 0.284 e. The average Bonchev–Trinajstić information content (AvgIpc) is 2.46. The van der Waals surface area contributed by atoms with Gasteiger partial charge in [-0.1, -0.05) is 44.2 Å². The van der Waals surface area contributed by atoms with Gasteiger partial charge in [0.15, 0.2) is 0 Å². The Balaban J connectivity index is 2.24. The fourth-order valence-electron chi connectivity index (χ4n) is 2.22. The van der Waals surface area contributed by atoms with Gasteiger partial charge in [0.2, 0.25) is 0 Å². The van der Waals surface area contributed by atoms with Gasteiger partial charge in [-0.2, -0.15) is 0 Å². The third-order valence-electron chi connectivity index (χ3n) is 3.39. The standard InChI is InChI=1S/C16H20O2/c1-4-14-10-11-15(16(17-3)18-14)12(2)13-8-6-5-7-9-13/h5-10,12H,4,11H2,1-3H3. The Morgan fingerprint density at radius 1 is 1.28 bits per heavy atom. The molecule has 0 amide bonds. The van der Waals surface area contributed by atoms with Crippen molar-refractivity contribution in [2.24, 2.45) is 0 Å². The second kappa shape index (κ2) is 5.76. The molecule has 1 aliphatic heterocycles. The quantitative estimate of drug-likeness (QED) is 0.783. The molecule has 1 atom stereocenters. The molecule has 0 aliphatic carbocycles. The molecule has 1 aromatic rings. The summed E-state index contributed by atoms with van der Waals surface area (Å²) in [5.41, 5.74) is 2.50. The predicted octanol–water partition coefficient (Wildman–Crippen LogP) is 4.36. The van der Waals surface area contributed by atoms with Gasteiger partial charge in [0.25, 0.3) is 5.95 Å². The van der Waals surface area contributed by atoms with E-state index in [2.05, 4.69) is 44.2 Å². The first-order valence-corrected chi connectivity index (χ1v) is 6.45. The monoisotopic (exact) mass is 244 g/mol. The molecular formula is C16H20O2. The lowest BCUT2D eigenvalue weighted by Gasteiger charge is -2.24. The Morgan fingerprint density at radius 2 is 2.00 bits per heavy atom. The molecule has 1 aromatic carbocycles. The van der Waals surface area contributed by atoms with Crippen LogP contribution in [0.4, 0.5) is 0 Å². The molecule has 2 heteroatoms. The van der Waals surface area contributed by atoms with E-state index in [-0.39, 0.29) is 0 Å². The van der Waals surface area contributed by atoms with Crippen molar-refractivity contribution in [3.8, 4) is 0 Å². The van der Waals surface area contributed by atoms with Crippen molar-refractivity contribution in [3.05, 3.63) is 59.2 Å². The predicted molar refractivity (Wildman–Crippen MR) is 73.0 cm³/mol. The summed E-state index contributed by atoms with van der Waals surface area (Å²) >= 11 is 0. The van der Waals surface area contributed by atoms with E-state index in [9.17, 15) is 0 Å². The van der Waals surface area contributed by atoms with Crippen LogP contribution in [0.15, 0.2) is 53.7 Å². The largest absolute Gasteiger partial charge is 0.468 e. The van der Waals surface area contributed by atoms with Gasteiger partial charge in [0.05, 0.1) is 7.11 Å². The van der Waals surface area contributed by atoms with Crippen molar-refractivity contribution in [1.82, 2.24) is 0 Å². The fraction of sp³-hybridized carbons (Fsp3) is 0.375. The molecule has 0 saturated heterocycles. The normalized spacial score (nSPS) is 16.9. The van der Waals surface area contributed by atoms with E-state index in [0.29, 0.717) is 11.9 Å². The van der Waals surface area contributed by atoms with Crippen LogP contribution in [-0.2, 0) is 9.47 Å². The molecule has 96 valence electrons. The zero-order valence-electron chi connectivity index (χ0n) is 11.3. The van der Waals surface area contributed by atoms with Gasteiger partial charge in [-0.05, 0) is 18.1 Å². The highest BCUT2D eigenvalue weighted by Gasteiger charge is 2.21. The molecule has 18 heavy (non-hydrogen) atoms. The van der Waals surface area contributed by atoms with Crippen LogP contribution in [0.5, 0.6) is 0 Å². The summed E-state index contributed by atoms with van der Waals surface area (Å²) in [5.74, 6) is 1.98. The van der Waals surface area contributed by atoms with Gasteiger partial charge < -0.3 is 9.47 Å². The van der Waals surface area contributed by atoms with Crippen LogP contribution in [0.3, 0.4) is 0 Å². The first kappa shape index (κ1) is 12.7. The van der Waals surface area contributed by atoms with Crippen LogP contribution in [0, 0.1) is 0 Å². The third kappa shape index (κ3) is 2.58. The summed E-state index contributed by atoms with van der Waals surface area (Å²) in [6, 6.07) is 10.5.